The molecule has 0 saturated heterocycles. The van der Waals surface area contributed by atoms with Gasteiger partial charge in [0.05, 0.1) is 0 Å². The molecule has 0 bridgehead atoms. The molecule has 5 N–H and O–H groups in total. The number of nitrogens with one attached hydrogen (secondary N) is 2. The highest BCUT2D eigenvalue weighted by Gasteiger charge is 2.10. The summed E-state index contributed by atoms with van der Waals surface area (Å²) in [6.07, 6.45) is 0. The average Bonchev–Trinajstić information content (AvgIpc) is 2.86. The van der Waals surface area contributed by atoms with E-state index in [2.05, 4.69) is 10.3 Å². The lowest BCUT2D eigenvalue weighted by Crippen LogP contribution is -2.12. The van der Waals surface area contributed by atoms with Crippen molar-refractivity contribution in [3.8, 4) is 5.75 Å². The maximum absolute atomic E-state index is 12.2. The molecule has 21 heavy (non-hydrogen) atoms. The first kappa shape index (κ1) is 13.1. The molecular weight excluding hydrogens is 266 g/mol. The van der Waals surface area contributed by atoms with Crippen molar-refractivity contribution in [1.29, 1.82) is 0 Å². The number of aryl methyl sites for hydroxylation is 1. The second-order valence-electron chi connectivity index (χ2n) is 4.99. The van der Waals surface area contributed by atoms with Gasteiger partial charge in [-0.2, -0.15) is 0 Å². The first-order valence-electron chi connectivity index (χ1n) is 6.52. The molecule has 0 fully saturated rings. The highest BCUT2D eigenvalue weighted by atomic mass is 16.3. The van der Waals surface area contributed by atoms with Crippen LogP contribution in [0.1, 0.15) is 16.1 Å². The summed E-state index contributed by atoms with van der Waals surface area (Å²) >= 11 is 0. The lowest BCUT2D eigenvalue weighted by atomic mass is 10.2. The number of benzene rings is 2. The molecule has 0 unspecified atom stereocenters. The zero-order valence-corrected chi connectivity index (χ0v) is 11.5. The lowest BCUT2D eigenvalue weighted by Gasteiger charge is -2.05. The number of rotatable bonds is 2. The van der Waals surface area contributed by atoms with Crippen LogP contribution >= 0.6 is 0 Å². The van der Waals surface area contributed by atoms with E-state index in [-0.39, 0.29) is 11.7 Å². The number of phenolic OH excluding ortho intramolecular Hbond substituents is 1. The Hall–Kier alpha value is -2.95. The molecule has 3 rings (SSSR count). The minimum atomic E-state index is -0.270. The number of aromatic amines is 1. The van der Waals surface area contributed by atoms with Crippen LogP contribution in [0, 0.1) is 6.92 Å². The van der Waals surface area contributed by atoms with Crippen molar-refractivity contribution in [1.82, 2.24) is 4.98 Å². The SMILES string of the molecule is Cc1ccc(NC(=O)c2cc3cc(N)ccc3[nH]2)cc1O. The molecule has 1 aromatic heterocycles. The Bertz CT molecular complexity index is 837. The van der Waals surface area contributed by atoms with E-state index >= 15 is 0 Å². The molecule has 0 aliphatic carbocycles. The predicted octanol–water partition coefficient (Wildman–Crippen LogP) is 3.02. The number of aromatic hydroxyl groups is 1. The summed E-state index contributed by atoms with van der Waals surface area (Å²) in [5.41, 5.74) is 8.96. The molecule has 0 spiro atoms. The van der Waals surface area contributed by atoms with E-state index < -0.39 is 0 Å². The van der Waals surface area contributed by atoms with Crippen LogP contribution in [0.4, 0.5) is 11.4 Å². The summed E-state index contributed by atoms with van der Waals surface area (Å²) in [6, 6.07) is 12.2. The van der Waals surface area contributed by atoms with Crippen LogP contribution in [-0.4, -0.2) is 16.0 Å². The number of carbonyl (C=O) groups excluding carboxylic acids is 1. The van der Waals surface area contributed by atoms with Gasteiger partial charge in [-0.3, -0.25) is 4.79 Å². The normalized spacial score (nSPS) is 10.7. The molecule has 3 aromatic rings. The monoisotopic (exact) mass is 281 g/mol. The van der Waals surface area contributed by atoms with Crippen molar-refractivity contribution in [2.24, 2.45) is 0 Å². The first-order valence-corrected chi connectivity index (χ1v) is 6.52. The number of nitrogen functional groups attached to an aromatic ring is 1. The Labute approximate surface area is 121 Å². The number of anilines is 2. The number of hydrogen-bond acceptors (Lipinski definition) is 3. The topological polar surface area (TPSA) is 91.1 Å². The Morgan fingerprint density at radius 1 is 1.19 bits per heavy atom. The summed E-state index contributed by atoms with van der Waals surface area (Å²) in [4.78, 5) is 15.2. The van der Waals surface area contributed by atoms with Gasteiger partial charge in [0.25, 0.3) is 5.91 Å². The molecule has 5 nitrogen and oxygen atoms in total. The van der Waals surface area contributed by atoms with Crippen molar-refractivity contribution < 1.29 is 9.90 Å². The summed E-state index contributed by atoms with van der Waals surface area (Å²) < 4.78 is 0. The predicted molar refractivity (Wildman–Crippen MR) is 83.5 cm³/mol. The first-order chi connectivity index (χ1) is 10.0. The van der Waals surface area contributed by atoms with Gasteiger partial charge in [-0.1, -0.05) is 6.07 Å². The highest BCUT2D eigenvalue weighted by molar-refractivity contribution is 6.06. The highest BCUT2D eigenvalue weighted by Crippen LogP contribution is 2.22. The number of fused-ring (bicyclic) bond motifs is 1. The van der Waals surface area contributed by atoms with E-state index in [9.17, 15) is 9.90 Å². The van der Waals surface area contributed by atoms with Crippen molar-refractivity contribution in [2.45, 2.75) is 6.92 Å². The Balaban J connectivity index is 1.87. The van der Waals surface area contributed by atoms with E-state index in [1.807, 2.05) is 6.07 Å². The summed E-state index contributed by atoms with van der Waals surface area (Å²) in [7, 11) is 0. The molecule has 0 atom stereocenters. The quantitative estimate of drug-likeness (QED) is 0.544. The van der Waals surface area contributed by atoms with Crippen LogP contribution in [-0.2, 0) is 0 Å². The third-order valence-electron chi connectivity index (χ3n) is 3.36. The van der Waals surface area contributed by atoms with E-state index in [0.29, 0.717) is 17.1 Å². The fraction of sp³-hybridized carbons (Fsp3) is 0.0625. The van der Waals surface area contributed by atoms with Crippen LogP contribution in [0.3, 0.4) is 0 Å². The van der Waals surface area contributed by atoms with Gasteiger partial charge in [0.1, 0.15) is 11.4 Å². The number of amides is 1. The third kappa shape index (κ3) is 2.53. The third-order valence-corrected chi connectivity index (χ3v) is 3.36. The molecule has 0 aliphatic rings. The maximum Gasteiger partial charge on any atom is 0.272 e. The van der Waals surface area contributed by atoms with Gasteiger partial charge in [-0.15, -0.1) is 0 Å². The van der Waals surface area contributed by atoms with Gasteiger partial charge in [-0.05, 0) is 42.8 Å². The fourth-order valence-electron chi connectivity index (χ4n) is 2.16. The summed E-state index contributed by atoms with van der Waals surface area (Å²) in [5, 5.41) is 13.3. The van der Waals surface area contributed by atoms with Gasteiger partial charge in [-0.25, -0.2) is 0 Å². The van der Waals surface area contributed by atoms with Gasteiger partial charge in [0, 0.05) is 28.3 Å². The van der Waals surface area contributed by atoms with Gasteiger partial charge < -0.3 is 21.1 Å². The van der Waals surface area contributed by atoms with E-state index in [0.717, 1.165) is 16.5 Å². The average molecular weight is 281 g/mol. The molecule has 2 aromatic carbocycles. The second kappa shape index (κ2) is 4.86. The summed E-state index contributed by atoms with van der Waals surface area (Å²) in [6.45, 7) is 1.79. The number of H-pyrrole nitrogens is 1. The minimum Gasteiger partial charge on any atom is -0.508 e. The lowest BCUT2D eigenvalue weighted by molar-refractivity contribution is 0.102. The van der Waals surface area contributed by atoms with Crippen LogP contribution in [0.5, 0.6) is 5.75 Å². The molecule has 0 radical (unpaired) electrons. The van der Waals surface area contributed by atoms with E-state index in [1.165, 1.54) is 6.07 Å². The number of aromatic nitrogens is 1. The van der Waals surface area contributed by atoms with Gasteiger partial charge in [0.15, 0.2) is 0 Å². The van der Waals surface area contributed by atoms with E-state index in [1.54, 1.807) is 37.3 Å². The molecule has 5 heteroatoms. The van der Waals surface area contributed by atoms with Gasteiger partial charge in [0.2, 0.25) is 0 Å². The second-order valence-corrected chi connectivity index (χ2v) is 4.99. The number of phenols is 1. The zero-order valence-electron chi connectivity index (χ0n) is 11.5. The van der Waals surface area contributed by atoms with Crippen molar-refractivity contribution in [3.05, 3.63) is 53.7 Å². The Morgan fingerprint density at radius 2 is 2.00 bits per heavy atom. The number of hydrogen-bond donors (Lipinski definition) is 4. The maximum atomic E-state index is 12.2. The zero-order chi connectivity index (χ0) is 15.0. The molecular formula is C16H15N3O2. The van der Waals surface area contributed by atoms with E-state index in [4.69, 9.17) is 5.73 Å². The molecule has 0 aliphatic heterocycles. The Kier molecular flexibility index (Phi) is 3.02. The van der Waals surface area contributed by atoms with Gasteiger partial charge >= 0.3 is 0 Å². The molecule has 1 amide bonds. The van der Waals surface area contributed by atoms with Crippen LogP contribution < -0.4 is 11.1 Å². The Morgan fingerprint density at radius 3 is 2.76 bits per heavy atom. The smallest absolute Gasteiger partial charge is 0.272 e. The van der Waals surface area contributed by atoms with Crippen molar-refractivity contribution >= 4 is 28.2 Å². The molecule has 0 saturated carbocycles. The number of nitrogens with two attached hydrogens (primary N) is 1. The van der Waals surface area contributed by atoms with Crippen molar-refractivity contribution in [2.75, 3.05) is 11.1 Å². The van der Waals surface area contributed by atoms with Crippen LogP contribution in [0.2, 0.25) is 0 Å². The number of carbonyl (C=O) groups is 1. The standard InChI is InChI=1S/C16H15N3O2/c1-9-2-4-12(8-15(9)20)18-16(21)14-7-10-6-11(17)3-5-13(10)19-14/h2-8,19-20H,17H2,1H3,(H,18,21). The molecule has 1 heterocycles. The largest absolute Gasteiger partial charge is 0.508 e. The molecule has 106 valence electrons. The van der Waals surface area contributed by atoms with Crippen molar-refractivity contribution in [3.63, 3.8) is 0 Å². The fourth-order valence-corrected chi connectivity index (χ4v) is 2.16. The van der Waals surface area contributed by atoms with Crippen LogP contribution in [0.15, 0.2) is 42.5 Å². The summed E-state index contributed by atoms with van der Waals surface area (Å²) in [5.74, 6) is -0.120. The van der Waals surface area contributed by atoms with Crippen LogP contribution in [0.25, 0.3) is 10.9 Å². The minimum absolute atomic E-state index is 0.150.